The van der Waals surface area contributed by atoms with Crippen LogP contribution in [0.25, 0.3) is 27.7 Å². The number of fused-ring (bicyclic) bond motifs is 2. The van der Waals surface area contributed by atoms with Crippen LogP contribution in [0.1, 0.15) is 31.9 Å². The van der Waals surface area contributed by atoms with Crippen molar-refractivity contribution in [3.63, 3.8) is 0 Å². The van der Waals surface area contributed by atoms with Gasteiger partial charge in [-0.05, 0) is 73.9 Å². The molecule has 0 radical (unpaired) electrons. The minimum Gasteiger partial charge on any atom is -0.374 e. The molecule has 0 saturated heterocycles. The number of likely N-dealkylation sites (N-methyl/N-ethyl adjacent to an activating group) is 1. The Morgan fingerprint density at radius 2 is 2.14 bits per heavy atom. The van der Waals surface area contributed by atoms with Gasteiger partial charge >= 0.3 is 0 Å². The first-order valence-corrected chi connectivity index (χ1v) is 9.96. The third kappa shape index (κ3) is 2.80. The number of pyridine rings is 1. The van der Waals surface area contributed by atoms with Crippen LogP contribution in [0.4, 0.5) is 11.4 Å². The minimum absolute atomic E-state index is 0.879. The van der Waals surface area contributed by atoms with Gasteiger partial charge in [-0.2, -0.15) is 0 Å². The van der Waals surface area contributed by atoms with Crippen molar-refractivity contribution in [3.8, 4) is 11.1 Å². The molecule has 1 aliphatic heterocycles. The van der Waals surface area contributed by atoms with Crippen LogP contribution in [0.3, 0.4) is 0 Å². The highest BCUT2D eigenvalue weighted by molar-refractivity contribution is 6.05. The van der Waals surface area contributed by atoms with Crippen molar-refractivity contribution in [2.45, 2.75) is 33.7 Å². The molecular formula is C24H28N4. The van der Waals surface area contributed by atoms with Crippen LogP contribution in [0, 0.1) is 0 Å². The number of nitrogens with zero attached hydrogens (tertiary/aromatic N) is 3. The van der Waals surface area contributed by atoms with Gasteiger partial charge in [0.15, 0.2) is 0 Å². The Bertz CT molecular complexity index is 1090. The fraction of sp³-hybridized carbons (Fsp3) is 0.292. The monoisotopic (exact) mass is 372 g/mol. The topological polar surface area (TPSA) is 33.1 Å². The zero-order valence-electron chi connectivity index (χ0n) is 17.2. The number of aryl methyl sites for hydroxylation is 1. The van der Waals surface area contributed by atoms with E-state index in [2.05, 4.69) is 78.6 Å². The molecule has 144 valence electrons. The van der Waals surface area contributed by atoms with E-state index >= 15 is 0 Å². The Morgan fingerprint density at radius 1 is 1.32 bits per heavy atom. The van der Waals surface area contributed by atoms with E-state index in [1.807, 2.05) is 12.3 Å². The first-order chi connectivity index (χ1) is 13.6. The molecule has 0 atom stereocenters. The molecule has 28 heavy (non-hydrogen) atoms. The van der Waals surface area contributed by atoms with E-state index in [-0.39, 0.29) is 0 Å². The first-order valence-electron chi connectivity index (χ1n) is 9.96. The zero-order chi connectivity index (χ0) is 19.8. The van der Waals surface area contributed by atoms with Gasteiger partial charge in [0.2, 0.25) is 0 Å². The molecule has 0 saturated carbocycles. The van der Waals surface area contributed by atoms with E-state index in [1.54, 1.807) is 6.20 Å². The number of anilines is 2. The molecular weight excluding hydrogens is 344 g/mol. The molecule has 4 nitrogen and oxygen atoms in total. The highest BCUT2D eigenvalue weighted by Crippen LogP contribution is 2.42. The normalized spacial score (nSPS) is 13.9. The summed E-state index contributed by atoms with van der Waals surface area (Å²) in [6.07, 6.45) is 9.14. The molecule has 1 aromatic carbocycles. The molecule has 0 bridgehead atoms. The maximum atomic E-state index is 4.69. The fourth-order valence-corrected chi connectivity index (χ4v) is 4.19. The molecule has 4 heteroatoms. The summed E-state index contributed by atoms with van der Waals surface area (Å²) >= 11 is 0. The maximum absolute atomic E-state index is 4.69. The van der Waals surface area contributed by atoms with E-state index in [4.69, 9.17) is 0 Å². The Kier molecular flexibility index (Phi) is 4.71. The van der Waals surface area contributed by atoms with E-state index in [0.29, 0.717) is 0 Å². The molecule has 2 aromatic heterocycles. The van der Waals surface area contributed by atoms with Gasteiger partial charge in [0.25, 0.3) is 0 Å². The molecule has 0 spiro atoms. The highest BCUT2D eigenvalue weighted by Gasteiger charge is 2.23. The van der Waals surface area contributed by atoms with Crippen LogP contribution >= 0.6 is 0 Å². The summed E-state index contributed by atoms with van der Waals surface area (Å²) in [5, 5.41) is 4.46. The predicted molar refractivity (Wildman–Crippen MR) is 121 cm³/mol. The summed E-state index contributed by atoms with van der Waals surface area (Å²) in [6.45, 7) is 12.3. The summed E-state index contributed by atoms with van der Waals surface area (Å²) in [4.78, 5) is 7.04. The van der Waals surface area contributed by atoms with E-state index in [9.17, 15) is 0 Å². The Morgan fingerprint density at radius 3 is 2.86 bits per heavy atom. The SMILES string of the molecule is C=CNc1ccnc2c1c(-c1cc3c(cc1/C(C)=C\C)CCN3C)cn2CC. The summed E-state index contributed by atoms with van der Waals surface area (Å²) in [6, 6.07) is 6.77. The third-order valence-electron chi connectivity index (χ3n) is 5.85. The minimum atomic E-state index is 0.879. The second-order valence-electron chi connectivity index (χ2n) is 7.40. The average Bonchev–Trinajstić information content (AvgIpc) is 3.27. The smallest absolute Gasteiger partial charge is 0.142 e. The van der Waals surface area contributed by atoms with Crippen LogP contribution in [0.2, 0.25) is 0 Å². The average molecular weight is 373 g/mol. The van der Waals surface area contributed by atoms with Gasteiger partial charge in [-0.25, -0.2) is 4.98 Å². The Balaban J connectivity index is 2.08. The number of hydrogen-bond acceptors (Lipinski definition) is 3. The molecule has 0 unspecified atom stereocenters. The molecule has 4 rings (SSSR count). The summed E-state index contributed by atoms with van der Waals surface area (Å²) in [5.74, 6) is 0. The van der Waals surface area contributed by atoms with Crippen LogP contribution < -0.4 is 10.2 Å². The zero-order valence-corrected chi connectivity index (χ0v) is 17.2. The molecule has 0 aliphatic carbocycles. The first kappa shape index (κ1) is 18.4. The lowest BCUT2D eigenvalue weighted by Crippen LogP contribution is -2.12. The van der Waals surface area contributed by atoms with Crippen molar-refractivity contribution in [2.24, 2.45) is 0 Å². The molecule has 0 fully saturated rings. The highest BCUT2D eigenvalue weighted by atomic mass is 15.1. The van der Waals surface area contributed by atoms with E-state index in [0.717, 1.165) is 36.2 Å². The van der Waals surface area contributed by atoms with Crippen LogP contribution in [-0.2, 0) is 13.0 Å². The number of benzene rings is 1. The van der Waals surface area contributed by atoms with E-state index in [1.165, 1.54) is 33.5 Å². The molecule has 3 heterocycles. The standard InChI is InChI=1S/C24H28N4/c1-6-16(4)18-13-17-10-12-27(5)22(17)14-19(18)20-15-28(8-3)24-23(20)21(25-7-2)9-11-26-24/h6-7,9,11,13-15H,2,8,10,12H2,1,3-5H3,(H,25,26)/b16-6-. The van der Waals surface area contributed by atoms with Gasteiger partial charge in [-0.15, -0.1) is 0 Å². The summed E-state index contributed by atoms with van der Waals surface area (Å²) < 4.78 is 2.23. The van der Waals surface area contributed by atoms with Crippen molar-refractivity contribution in [3.05, 3.63) is 60.6 Å². The second-order valence-corrected chi connectivity index (χ2v) is 7.40. The largest absolute Gasteiger partial charge is 0.374 e. The van der Waals surface area contributed by atoms with Crippen molar-refractivity contribution < 1.29 is 0 Å². The maximum Gasteiger partial charge on any atom is 0.142 e. The van der Waals surface area contributed by atoms with Gasteiger partial charge in [0.05, 0.1) is 11.1 Å². The van der Waals surface area contributed by atoms with Gasteiger partial charge in [-0.1, -0.05) is 12.7 Å². The quantitative estimate of drug-likeness (QED) is 0.624. The van der Waals surface area contributed by atoms with Crippen LogP contribution in [0.5, 0.6) is 0 Å². The van der Waals surface area contributed by atoms with Crippen molar-refractivity contribution in [2.75, 3.05) is 23.8 Å². The molecule has 1 aliphatic rings. The van der Waals surface area contributed by atoms with Gasteiger partial charge < -0.3 is 14.8 Å². The van der Waals surface area contributed by atoms with Crippen LogP contribution in [0.15, 0.2) is 49.4 Å². The van der Waals surface area contributed by atoms with Crippen molar-refractivity contribution in [1.29, 1.82) is 0 Å². The number of rotatable bonds is 5. The van der Waals surface area contributed by atoms with Gasteiger partial charge in [0, 0.05) is 43.8 Å². The van der Waals surface area contributed by atoms with Crippen LogP contribution in [-0.4, -0.2) is 23.1 Å². The Hall–Kier alpha value is -3.01. The van der Waals surface area contributed by atoms with Crippen molar-refractivity contribution >= 4 is 28.0 Å². The molecule has 3 aromatic rings. The molecule has 0 amide bonds. The number of hydrogen-bond donors (Lipinski definition) is 1. The summed E-state index contributed by atoms with van der Waals surface area (Å²) in [7, 11) is 2.18. The lowest BCUT2D eigenvalue weighted by atomic mass is 9.92. The molecule has 1 N–H and O–H groups in total. The lowest BCUT2D eigenvalue weighted by molar-refractivity contribution is 0.788. The van der Waals surface area contributed by atoms with Gasteiger partial charge in [0.1, 0.15) is 5.65 Å². The van der Waals surface area contributed by atoms with Crippen molar-refractivity contribution in [1.82, 2.24) is 9.55 Å². The lowest BCUT2D eigenvalue weighted by Gasteiger charge is -2.17. The van der Waals surface area contributed by atoms with Gasteiger partial charge in [-0.3, -0.25) is 0 Å². The number of allylic oxidation sites excluding steroid dienone is 2. The fourth-order valence-electron chi connectivity index (χ4n) is 4.19. The predicted octanol–water partition coefficient (Wildman–Crippen LogP) is 5.69. The summed E-state index contributed by atoms with van der Waals surface area (Å²) in [5.41, 5.74) is 9.90. The number of nitrogens with one attached hydrogen (secondary N) is 1. The second kappa shape index (κ2) is 7.19. The third-order valence-corrected chi connectivity index (χ3v) is 5.85. The Labute approximate surface area is 167 Å². The number of aromatic nitrogens is 2. The van der Waals surface area contributed by atoms with E-state index < -0.39 is 0 Å².